The van der Waals surface area contributed by atoms with Crippen LogP contribution in [0.15, 0.2) is 51.5 Å². The molecule has 0 saturated carbocycles. The fourth-order valence-electron chi connectivity index (χ4n) is 2.98. The number of aromatic nitrogens is 2. The van der Waals surface area contributed by atoms with Gasteiger partial charge in [-0.3, -0.25) is 14.6 Å². The highest BCUT2D eigenvalue weighted by Crippen LogP contribution is 2.31. The average Bonchev–Trinajstić information content (AvgIpc) is 3.42. The number of aliphatic imine (C=N–C) groups is 1. The molecule has 10 heteroatoms. The van der Waals surface area contributed by atoms with Gasteiger partial charge in [0, 0.05) is 17.1 Å². The lowest BCUT2D eigenvalue weighted by atomic mass is 10.1. The van der Waals surface area contributed by atoms with E-state index in [2.05, 4.69) is 10.1 Å². The van der Waals surface area contributed by atoms with E-state index in [1.54, 1.807) is 18.7 Å². The third kappa shape index (κ3) is 2.57. The van der Waals surface area contributed by atoms with Gasteiger partial charge in [-0.05, 0) is 42.1 Å². The quantitative estimate of drug-likeness (QED) is 0.671. The van der Waals surface area contributed by atoms with Crippen molar-refractivity contribution in [2.75, 3.05) is 7.11 Å². The van der Waals surface area contributed by atoms with E-state index >= 15 is 0 Å². The molecule has 0 radical (unpaired) electrons. The number of rotatable bonds is 3. The molecule has 1 N–H and O–H groups in total. The van der Waals surface area contributed by atoms with Gasteiger partial charge in [-0.15, -0.1) is 11.3 Å². The molecule has 1 aromatic carbocycles. The monoisotopic (exact) mass is 408 g/mol. The summed E-state index contributed by atoms with van der Waals surface area (Å²) in [6, 6.07) is 7.55. The molecular formula is C18H12N6O2S2. The number of benzene rings is 1. The molecule has 2 aromatic heterocycles. The van der Waals surface area contributed by atoms with Crippen LogP contribution in [0.3, 0.4) is 0 Å². The molecule has 138 valence electrons. The van der Waals surface area contributed by atoms with E-state index in [0.717, 1.165) is 22.0 Å². The molecule has 2 aliphatic rings. The minimum absolute atomic E-state index is 0.00195. The van der Waals surface area contributed by atoms with Gasteiger partial charge >= 0.3 is 0 Å². The van der Waals surface area contributed by atoms with Crippen molar-refractivity contribution >= 4 is 56.6 Å². The van der Waals surface area contributed by atoms with Crippen molar-refractivity contribution in [3.8, 4) is 17.0 Å². The van der Waals surface area contributed by atoms with Crippen molar-refractivity contribution < 1.29 is 9.53 Å². The largest absolute Gasteiger partial charge is 0.497 e. The van der Waals surface area contributed by atoms with Crippen molar-refractivity contribution in [3.63, 3.8) is 0 Å². The Labute approximate surface area is 167 Å². The average molecular weight is 408 g/mol. The molecule has 1 amide bonds. The van der Waals surface area contributed by atoms with Crippen LogP contribution in [-0.2, 0) is 4.79 Å². The predicted molar refractivity (Wildman–Crippen MR) is 111 cm³/mol. The van der Waals surface area contributed by atoms with Gasteiger partial charge in [0.15, 0.2) is 16.0 Å². The maximum absolute atomic E-state index is 12.5. The van der Waals surface area contributed by atoms with Crippen LogP contribution in [-0.4, -0.2) is 44.0 Å². The van der Waals surface area contributed by atoms with E-state index in [4.69, 9.17) is 15.1 Å². The molecule has 0 fully saturated rings. The second-order valence-electron chi connectivity index (χ2n) is 5.89. The van der Waals surface area contributed by atoms with Gasteiger partial charge < -0.3 is 4.74 Å². The third-order valence-corrected chi connectivity index (χ3v) is 5.77. The van der Waals surface area contributed by atoms with E-state index in [-0.39, 0.29) is 11.4 Å². The lowest BCUT2D eigenvalue weighted by Gasteiger charge is -2.20. The number of ether oxygens (including phenoxy) is 1. The zero-order valence-corrected chi connectivity index (χ0v) is 16.1. The number of thiazole rings is 1. The first-order valence-corrected chi connectivity index (χ1v) is 9.94. The molecule has 5 rings (SSSR count). The maximum atomic E-state index is 12.5. The van der Waals surface area contributed by atoms with Crippen molar-refractivity contribution in [1.82, 2.24) is 14.4 Å². The minimum atomic E-state index is -0.458. The second-order valence-corrected chi connectivity index (χ2v) is 7.57. The van der Waals surface area contributed by atoms with Gasteiger partial charge in [0.1, 0.15) is 5.75 Å². The molecule has 2 aliphatic heterocycles. The van der Waals surface area contributed by atoms with Crippen LogP contribution < -0.4 is 4.74 Å². The Morgan fingerprint density at radius 1 is 1.25 bits per heavy atom. The van der Waals surface area contributed by atoms with Gasteiger partial charge in [-0.25, -0.2) is 4.98 Å². The predicted octanol–water partition coefficient (Wildman–Crippen LogP) is 3.32. The number of thioether (sulfide) groups is 1. The number of methoxy groups -OCH3 is 1. The standard InChI is InChI=1S/C18H12N6O2S2/c1-26-11-4-2-10(3-5-11)14-13(23-6-7-27-17(23)21-14)8-12-15(19)24-18(22-16(12)25)28-9-20-24/h2-9,19H,1H3. The number of carbonyl (C=O) groups excluding carboxylic acids is 1. The Kier molecular flexibility index (Phi) is 3.88. The van der Waals surface area contributed by atoms with Crippen molar-refractivity contribution in [3.05, 3.63) is 47.1 Å². The van der Waals surface area contributed by atoms with E-state index in [0.29, 0.717) is 10.9 Å². The smallest absolute Gasteiger partial charge is 0.283 e. The number of fused-ring (bicyclic) bond motifs is 2. The van der Waals surface area contributed by atoms with Crippen LogP contribution >= 0.6 is 23.1 Å². The first kappa shape index (κ1) is 16.9. The fourth-order valence-corrected chi connectivity index (χ4v) is 4.31. The number of hydrazone groups is 1. The number of amides is 1. The number of nitrogens with one attached hydrogen (secondary N) is 1. The Bertz CT molecular complexity index is 1220. The number of imidazole rings is 1. The minimum Gasteiger partial charge on any atom is -0.497 e. The number of carbonyl (C=O) groups is 1. The zero-order chi connectivity index (χ0) is 19.3. The second kappa shape index (κ2) is 6.43. The SMILES string of the molecule is COc1ccc(-c2nc3sccn3c2C=C2C(=N)N3N=CSC3=NC2=O)cc1. The highest BCUT2D eigenvalue weighted by Gasteiger charge is 2.33. The van der Waals surface area contributed by atoms with Gasteiger partial charge in [-0.2, -0.15) is 15.1 Å². The van der Waals surface area contributed by atoms with Crippen molar-refractivity contribution in [2.45, 2.75) is 0 Å². The Morgan fingerprint density at radius 3 is 2.86 bits per heavy atom. The molecule has 4 heterocycles. The lowest BCUT2D eigenvalue weighted by Crippen LogP contribution is -2.35. The maximum Gasteiger partial charge on any atom is 0.283 e. The highest BCUT2D eigenvalue weighted by atomic mass is 32.2. The summed E-state index contributed by atoms with van der Waals surface area (Å²) in [6.45, 7) is 0. The Morgan fingerprint density at radius 2 is 2.07 bits per heavy atom. The lowest BCUT2D eigenvalue weighted by molar-refractivity contribution is -0.114. The zero-order valence-electron chi connectivity index (χ0n) is 14.5. The number of hydrogen-bond donors (Lipinski definition) is 1. The summed E-state index contributed by atoms with van der Waals surface area (Å²) in [5.74, 6) is 0.294. The van der Waals surface area contributed by atoms with Gasteiger partial charge in [0.2, 0.25) is 0 Å². The Hall–Kier alpha value is -3.24. The molecule has 0 spiro atoms. The highest BCUT2D eigenvalue weighted by molar-refractivity contribution is 8.25. The van der Waals surface area contributed by atoms with E-state index in [9.17, 15) is 4.79 Å². The summed E-state index contributed by atoms with van der Waals surface area (Å²) < 4.78 is 7.13. The summed E-state index contributed by atoms with van der Waals surface area (Å²) in [5, 5.41) is 16.2. The van der Waals surface area contributed by atoms with Crippen LogP contribution in [0.25, 0.3) is 22.3 Å². The van der Waals surface area contributed by atoms with Crippen LogP contribution in [0.2, 0.25) is 0 Å². The number of hydrogen-bond acceptors (Lipinski definition) is 7. The summed E-state index contributed by atoms with van der Waals surface area (Å²) >= 11 is 2.72. The fraction of sp³-hybridized carbons (Fsp3) is 0.0556. The molecule has 0 atom stereocenters. The number of amidine groups is 2. The molecule has 0 saturated heterocycles. The van der Waals surface area contributed by atoms with Crippen molar-refractivity contribution in [1.29, 1.82) is 5.41 Å². The van der Waals surface area contributed by atoms with Gasteiger partial charge in [0.25, 0.3) is 5.91 Å². The molecule has 0 unspecified atom stereocenters. The summed E-state index contributed by atoms with van der Waals surface area (Å²) in [6.07, 6.45) is 3.55. The molecule has 3 aromatic rings. The first-order chi connectivity index (χ1) is 13.7. The van der Waals surface area contributed by atoms with E-state index in [1.807, 2.05) is 40.2 Å². The molecule has 8 nitrogen and oxygen atoms in total. The Balaban J connectivity index is 1.67. The third-order valence-electron chi connectivity index (χ3n) is 4.34. The van der Waals surface area contributed by atoms with Crippen molar-refractivity contribution in [2.24, 2.45) is 10.1 Å². The van der Waals surface area contributed by atoms with Crippen LogP contribution in [0.1, 0.15) is 5.69 Å². The first-order valence-electron chi connectivity index (χ1n) is 8.18. The summed E-state index contributed by atoms with van der Waals surface area (Å²) in [5.41, 5.74) is 4.05. The summed E-state index contributed by atoms with van der Waals surface area (Å²) in [4.78, 5) is 22.1. The summed E-state index contributed by atoms with van der Waals surface area (Å²) in [7, 11) is 1.62. The topological polar surface area (TPSA) is 95.4 Å². The normalized spacial score (nSPS) is 17.5. The van der Waals surface area contributed by atoms with Crippen LogP contribution in [0, 0.1) is 5.41 Å². The van der Waals surface area contributed by atoms with E-state index in [1.165, 1.54) is 28.1 Å². The van der Waals surface area contributed by atoms with Crippen LogP contribution in [0.5, 0.6) is 5.75 Å². The number of nitrogens with zero attached hydrogens (tertiary/aromatic N) is 5. The van der Waals surface area contributed by atoms with E-state index < -0.39 is 5.91 Å². The molecule has 0 bridgehead atoms. The molecule has 0 aliphatic carbocycles. The van der Waals surface area contributed by atoms with Gasteiger partial charge in [-0.1, -0.05) is 0 Å². The van der Waals surface area contributed by atoms with Gasteiger partial charge in [0.05, 0.1) is 29.6 Å². The molecular weight excluding hydrogens is 396 g/mol. The van der Waals surface area contributed by atoms with Crippen LogP contribution in [0.4, 0.5) is 0 Å². The molecule has 28 heavy (non-hydrogen) atoms.